The highest BCUT2D eigenvalue weighted by Gasteiger charge is 2.16. The number of hydrogen-bond acceptors (Lipinski definition) is 2. The number of hydrogen-bond donors (Lipinski definition) is 2. The maximum atomic E-state index is 13.2. The van der Waals surface area contributed by atoms with E-state index in [9.17, 15) is 13.6 Å². The predicted octanol–water partition coefficient (Wildman–Crippen LogP) is 4.27. The van der Waals surface area contributed by atoms with Crippen LogP contribution in [0.2, 0.25) is 0 Å². The van der Waals surface area contributed by atoms with Crippen molar-refractivity contribution in [2.24, 2.45) is 0 Å². The van der Waals surface area contributed by atoms with Crippen LogP contribution in [0, 0.1) is 11.6 Å². The summed E-state index contributed by atoms with van der Waals surface area (Å²) in [7, 11) is 0. The van der Waals surface area contributed by atoms with Gasteiger partial charge in [-0.3, -0.25) is 4.79 Å². The molecule has 1 amide bonds. The topological polar surface area (TPSA) is 41.1 Å². The summed E-state index contributed by atoms with van der Waals surface area (Å²) >= 11 is 0. The van der Waals surface area contributed by atoms with E-state index in [4.69, 9.17) is 0 Å². The van der Waals surface area contributed by atoms with Crippen LogP contribution in [-0.2, 0) is 17.6 Å². The van der Waals surface area contributed by atoms with Gasteiger partial charge in [-0.2, -0.15) is 0 Å². The van der Waals surface area contributed by atoms with Crippen molar-refractivity contribution in [3.05, 3.63) is 71.3 Å². The van der Waals surface area contributed by atoms with E-state index in [1.807, 2.05) is 18.2 Å². The van der Waals surface area contributed by atoms with Crippen molar-refractivity contribution in [3.63, 3.8) is 0 Å². The fourth-order valence-corrected chi connectivity index (χ4v) is 3.41. The molecular formula is C20H16F2N2O. The second-order valence-corrected chi connectivity index (χ2v) is 6.17. The molecule has 3 aromatic rings. The van der Waals surface area contributed by atoms with Crippen LogP contribution in [0.1, 0.15) is 11.1 Å². The third-order valence-electron chi connectivity index (χ3n) is 4.46. The zero-order chi connectivity index (χ0) is 17.4. The second-order valence-electron chi connectivity index (χ2n) is 6.17. The number of anilines is 2. The summed E-state index contributed by atoms with van der Waals surface area (Å²) in [4.78, 5) is 12.1. The fourth-order valence-electron chi connectivity index (χ4n) is 3.41. The number of nitrogens with one attached hydrogen (secondary N) is 2. The Morgan fingerprint density at radius 2 is 1.68 bits per heavy atom. The van der Waals surface area contributed by atoms with Gasteiger partial charge in [-0.05, 0) is 47.6 Å². The van der Waals surface area contributed by atoms with E-state index < -0.39 is 11.6 Å². The van der Waals surface area contributed by atoms with Crippen molar-refractivity contribution in [3.8, 4) is 0 Å². The summed E-state index contributed by atoms with van der Waals surface area (Å²) in [6.07, 6.45) is 2.09. The first-order chi connectivity index (χ1) is 12.1. The molecule has 0 saturated heterocycles. The van der Waals surface area contributed by atoms with E-state index in [1.165, 1.54) is 16.5 Å². The van der Waals surface area contributed by atoms with E-state index in [2.05, 4.69) is 22.8 Å². The van der Waals surface area contributed by atoms with Gasteiger partial charge >= 0.3 is 0 Å². The molecule has 126 valence electrons. The van der Waals surface area contributed by atoms with E-state index >= 15 is 0 Å². The molecule has 2 N–H and O–H groups in total. The van der Waals surface area contributed by atoms with Crippen molar-refractivity contribution < 1.29 is 13.6 Å². The summed E-state index contributed by atoms with van der Waals surface area (Å²) in [6, 6.07) is 13.2. The lowest BCUT2D eigenvalue weighted by Gasteiger charge is -2.12. The van der Waals surface area contributed by atoms with Crippen molar-refractivity contribution >= 4 is 28.1 Å². The maximum absolute atomic E-state index is 13.2. The molecule has 0 spiro atoms. The number of carbonyl (C=O) groups is 1. The molecule has 0 saturated carbocycles. The van der Waals surface area contributed by atoms with Crippen LogP contribution in [-0.4, -0.2) is 12.5 Å². The van der Waals surface area contributed by atoms with Crippen LogP contribution in [0.15, 0.2) is 48.5 Å². The molecule has 0 bridgehead atoms. The van der Waals surface area contributed by atoms with Crippen LogP contribution in [0.5, 0.6) is 0 Å². The first-order valence-electron chi connectivity index (χ1n) is 8.13. The maximum Gasteiger partial charge on any atom is 0.243 e. The van der Waals surface area contributed by atoms with Crippen molar-refractivity contribution in [1.29, 1.82) is 0 Å². The Morgan fingerprint density at radius 3 is 2.44 bits per heavy atom. The Hall–Kier alpha value is -2.95. The summed E-state index contributed by atoms with van der Waals surface area (Å²) in [5.41, 5.74) is 3.64. The van der Waals surface area contributed by atoms with Gasteiger partial charge in [0.2, 0.25) is 5.91 Å². The monoisotopic (exact) mass is 338 g/mol. The molecule has 0 heterocycles. The molecule has 3 nitrogen and oxygen atoms in total. The van der Waals surface area contributed by atoms with Crippen molar-refractivity contribution in [1.82, 2.24) is 0 Å². The normalized spacial score (nSPS) is 12.4. The lowest BCUT2D eigenvalue weighted by molar-refractivity contribution is -0.114. The molecule has 25 heavy (non-hydrogen) atoms. The van der Waals surface area contributed by atoms with E-state index in [0.717, 1.165) is 42.1 Å². The Kier molecular flexibility index (Phi) is 3.84. The predicted molar refractivity (Wildman–Crippen MR) is 94.8 cm³/mol. The smallest absolute Gasteiger partial charge is 0.243 e. The zero-order valence-electron chi connectivity index (χ0n) is 13.4. The quantitative estimate of drug-likeness (QED) is 0.746. The summed E-state index contributed by atoms with van der Waals surface area (Å²) in [5.74, 6) is -1.82. The highest BCUT2D eigenvalue weighted by molar-refractivity contribution is 6.01. The molecule has 0 aromatic heterocycles. The first-order valence-corrected chi connectivity index (χ1v) is 8.13. The number of benzene rings is 3. The lowest BCUT2D eigenvalue weighted by Crippen LogP contribution is -2.22. The second kappa shape index (κ2) is 6.16. The minimum atomic E-state index is -0.726. The number of aryl methyl sites for hydroxylation is 2. The largest absolute Gasteiger partial charge is 0.376 e. The molecule has 0 unspecified atom stereocenters. The van der Waals surface area contributed by atoms with Gasteiger partial charge in [-0.25, -0.2) is 8.78 Å². The third kappa shape index (κ3) is 3.05. The molecule has 3 aromatic carbocycles. The van der Waals surface area contributed by atoms with Gasteiger partial charge in [-0.1, -0.05) is 24.3 Å². The molecule has 5 heteroatoms. The highest BCUT2D eigenvalue weighted by Crippen LogP contribution is 2.34. The number of carbonyl (C=O) groups excluding carboxylic acids is 1. The van der Waals surface area contributed by atoms with Crippen LogP contribution in [0.3, 0.4) is 0 Å². The molecule has 1 aliphatic carbocycles. The average molecular weight is 338 g/mol. The molecule has 0 atom stereocenters. The summed E-state index contributed by atoms with van der Waals surface area (Å²) in [5, 5.41) is 7.97. The van der Waals surface area contributed by atoms with Gasteiger partial charge in [0, 0.05) is 22.8 Å². The number of amides is 1. The van der Waals surface area contributed by atoms with Gasteiger partial charge in [0.15, 0.2) is 0 Å². The van der Waals surface area contributed by atoms with Gasteiger partial charge in [0.25, 0.3) is 0 Å². The Morgan fingerprint density at radius 1 is 0.960 bits per heavy atom. The molecular weight excluding hydrogens is 322 g/mol. The minimum Gasteiger partial charge on any atom is -0.376 e. The first kappa shape index (κ1) is 15.6. The molecule has 1 aliphatic rings. The van der Waals surface area contributed by atoms with E-state index in [-0.39, 0.29) is 18.1 Å². The SMILES string of the molecule is O=C(CNc1ccc2c3c(cccc13)CC2)Nc1cc(F)cc(F)c1. The van der Waals surface area contributed by atoms with Crippen LogP contribution >= 0.6 is 0 Å². The Balaban J connectivity index is 1.50. The average Bonchev–Trinajstić information content (AvgIpc) is 2.98. The molecule has 0 fully saturated rings. The lowest BCUT2D eigenvalue weighted by atomic mass is 10.0. The van der Waals surface area contributed by atoms with Crippen LogP contribution < -0.4 is 10.6 Å². The third-order valence-corrected chi connectivity index (χ3v) is 4.46. The van der Waals surface area contributed by atoms with E-state index in [0.29, 0.717) is 0 Å². The summed E-state index contributed by atoms with van der Waals surface area (Å²) in [6.45, 7) is 0.0107. The van der Waals surface area contributed by atoms with E-state index in [1.54, 1.807) is 0 Å². The van der Waals surface area contributed by atoms with Gasteiger partial charge in [-0.15, -0.1) is 0 Å². The van der Waals surface area contributed by atoms with Gasteiger partial charge in [0.1, 0.15) is 11.6 Å². The van der Waals surface area contributed by atoms with Crippen LogP contribution in [0.25, 0.3) is 10.8 Å². The highest BCUT2D eigenvalue weighted by atomic mass is 19.1. The summed E-state index contributed by atoms with van der Waals surface area (Å²) < 4.78 is 26.4. The number of halogens is 2. The van der Waals surface area contributed by atoms with Crippen LogP contribution in [0.4, 0.5) is 20.2 Å². The molecule has 0 radical (unpaired) electrons. The minimum absolute atomic E-state index is 0.0107. The Bertz CT molecular complexity index is 954. The molecule has 0 aliphatic heterocycles. The van der Waals surface area contributed by atoms with Crippen molar-refractivity contribution in [2.75, 3.05) is 17.2 Å². The van der Waals surface area contributed by atoms with Gasteiger partial charge in [0.05, 0.1) is 6.54 Å². The Labute approximate surface area is 143 Å². The number of rotatable bonds is 4. The van der Waals surface area contributed by atoms with Gasteiger partial charge < -0.3 is 10.6 Å². The zero-order valence-corrected chi connectivity index (χ0v) is 13.4. The standard InChI is InChI=1S/C20H16F2N2O/c21-14-8-15(22)10-16(9-14)24-19(25)11-23-18-7-6-13-5-4-12-2-1-3-17(18)20(12)13/h1-3,6-10,23H,4-5,11H2,(H,24,25). The molecule has 4 rings (SSSR count). The van der Waals surface area contributed by atoms with Crippen molar-refractivity contribution in [2.45, 2.75) is 12.8 Å². The fraction of sp³-hybridized carbons (Fsp3) is 0.150.